The second kappa shape index (κ2) is 4.45. The molecular weight excluding hydrogens is 277 g/mol. The quantitative estimate of drug-likeness (QED) is 0.811. The van der Waals surface area contributed by atoms with Gasteiger partial charge < -0.3 is 4.74 Å². The van der Waals surface area contributed by atoms with E-state index in [1.54, 1.807) is 18.2 Å². The van der Waals surface area contributed by atoms with Gasteiger partial charge in [-0.1, -0.05) is 17.7 Å². The van der Waals surface area contributed by atoms with E-state index >= 15 is 0 Å². The number of halogens is 4. The number of benzene rings is 1. The summed E-state index contributed by atoms with van der Waals surface area (Å²) in [7, 11) is 0. The highest BCUT2D eigenvalue weighted by Crippen LogP contribution is 2.32. The van der Waals surface area contributed by atoms with E-state index in [9.17, 15) is 8.78 Å². The average Bonchev–Trinajstić information content (AvgIpc) is 2.06. The van der Waals surface area contributed by atoms with Gasteiger partial charge >= 0.3 is 0 Å². The van der Waals surface area contributed by atoms with Crippen molar-refractivity contribution < 1.29 is 13.5 Å². The van der Waals surface area contributed by atoms with Crippen LogP contribution in [0.2, 0.25) is 5.02 Å². The lowest BCUT2D eigenvalue weighted by molar-refractivity contribution is -0.0229. The van der Waals surface area contributed by atoms with Gasteiger partial charge in [0.1, 0.15) is 5.75 Å². The minimum absolute atomic E-state index is 0.252. The molecule has 1 aromatic rings. The molecule has 0 amide bonds. The van der Waals surface area contributed by atoms with Crippen LogP contribution in [0.15, 0.2) is 22.7 Å². The summed E-state index contributed by atoms with van der Waals surface area (Å²) >= 11 is 8.97. The van der Waals surface area contributed by atoms with Gasteiger partial charge in [-0.3, -0.25) is 0 Å². The Kier molecular flexibility index (Phi) is 3.72. The Bertz CT molecular complexity index is 325. The van der Waals surface area contributed by atoms with Crippen LogP contribution in [0.1, 0.15) is 6.92 Å². The highest BCUT2D eigenvalue weighted by Gasteiger charge is 2.22. The summed E-state index contributed by atoms with van der Waals surface area (Å²) in [5.74, 6) is -2.60. The Morgan fingerprint density at radius 2 is 2.14 bits per heavy atom. The molecule has 5 heteroatoms. The SMILES string of the molecule is CC(F)(F)COc1cccc(Br)c1Cl. The van der Waals surface area contributed by atoms with Crippen molar-refractivity contribution in [1.29, 1.82) is 0 Å². The van der Waals surface area contributed by atoms with Crippen molar-refractivity contribution in [1.82, 2.24) is 0 Å². The molecular formula is C9H8BrClF2O. The highest BCUT2D eigenvalue weighted by atomic mass is 79.9. The molecule has 14 heavy (non-hydrogen) atoms. The maximum atomic E-state index is 12.5. The van der Waals surface area contributed by atoms with Crippen LogP contribution in [0.25, 0.3) is 0 Å². The van der Waals surface area contributed by atoms with Crippen LogP contribution in [-0.2, 0) is 0 Å². The number of hydrogen-bond acceptors (Lipinski definition) is 1. The molecule has 0 saturated heterocycles. The van der Waals surface area contributed by atoms with Gasteiger partial charge in [-0.05, 0) is 28.1 Å². The van der Waals surface area contributed by atoms with Crippen molar-refractivity contribution >= 4 is 27.5 Å². The molecule has 1 rings (SSSR count). The molecule has 0 saturated carbocycles. The van der Waals surface area contributed by atoms with E-state index in [1.807, 2.05) is 0 Å². The predicted octanol–water partition coefficient (Wildman–Crippen LogP) is 4.14. The molecule has 1 aromatic carbocycles. The molecule has 0 bridgehead atoms. The molecule has 0 unspecified atom stereocenters. The molecule has 0 aliphatic rings. The van der Waals surface area contributed by atoms with Crippen molar-refractivity contribution in [2.24, 2.45) is 0 Å². The zero-order valence-electron chi connectivity index (χ0n) is 7.36. The van der Waals surface area contributed by atoms with Gasteiger partial charge in [0.15, 0.2) is 6.61 Å². The third-order valence-electron chi connectivity index (χ3n) is 1.40. The third kappa shape index (κ3) is 3.42. The smallest absolute Gasteiger partial charge is 0.278 e. The Morgan fingerprint density at radius 1 is 1.50 bits per heavy atom. The molecule has 0 atom stereocenters. The Labute approximate surface area is 94.1 Å². The first-order chi connectivity index (χ1) is 6.40. The topological polar surface area (TPSA) is 9.23 Å². The Balaban J connectivity index is 2.73. The van der Waals surface area contributed by atoms with Crippen LogP contribution < -0.4 is 4.74 Å². The van der Waals surface area contributed by atoms with E-state index in [-0.39, 0.29) is 5.75 Å². The minimum Gasteiger partial charge on any atom is -0.486 e. The van der Waals surface area contributed by atoms with Gasteiger partial charge in [0.2, 0.25) is 0 Å². The molecule has 0 aromatic heterocycles. The minimum atomic E-state index is -2.86. The number of alkyl halides is 2. The monoisotopic (exact) mass is 284 g/mol. The van der Waals surface area contributed by atoms with Crippen LogP contribution in [0.4, 0.5) is 8.78 Å². The second-order valence-electron chi connectivity index (χ2n) is 2.91. The first-order valence-electron chi connectivity index (χ1n) is 3.85. The van der Waals surface area contributed by atoms with Gasteiger partial charge in [0.05, 0.1) is 5.02 Å². The van der Waals surface area contributed by atoms with Crippen molar-refractivity contribution in [3.05, 3.63) is 27.7 Å². The van der Waals surface area contributed by atoms with Crippen LogP contribution in [0.5, 0.6) is 5.75 Å². The molecule has 78 valence electrons. The van der Waals surface area contributed by atoms with Crippen LogP contribution in [0.3, 0.4) is 0 Å². The molecule has 1 nitrogen and oxygen atoms in total. The molecule has 0 spiro atoms. The second-order valence-corrected chi connectivity index (χ2v) is 4.14. The van der Waals surface area contributed by atoms with Gasteiger partial charge in [-0.25, -0.2) is 8.78 Å². The zero-order chi connectivity index (χ0) is 10.8. The maximum absolute atomic E-state index is 12.5. The first-order valence-corrected chi connectivity index (χ1v) is 5.02. The van der Waals surface area contributed by atoms with Crippen molar-refractivity contribution in [2.75, 3.05) is 6.61 Å². The largest absolute Gasteiger partial charge is 0.486 e. The zero-order valence-corrected chi connectivity index (χ0v) is 9.70. The number of rotatable bonds is 3. The number of ether oxygens (including phenoxy) is 1. The van der Waals surface area contributed by atoms with Crippen molar-refractivity contribution in [3.63, 3.8) is 0 Å². The summed E-state index contributed by atoms with van der Waals surface area (Å²) < 4.78 is 30.4. The normalized spacial score (nSPS) is 11.5. The number of hydrogen-bond donors (Lipinski definition) is 0. The summed E-state index contributed by atoms with van der Waals surface area (Å²) in [5, 5.41) is 0.303. The van der Waals surface area contributed by atoms with Gasteiger partial charge in [0, 0.05) is 11.4 Å². The predicted molar refractivity (Wildman–Crippen MR) is 55.3 cm³/mol. The fourth-order valence-corrected chi connectivity index (χ4v) is 1.33. The maximum Gasteiger partial charge on any atom is 0.278 e. The molecule has 0 aliphatic heterocycles. The molecule has 0 heterocycles. The summed E-state index contributed by atoms with van der Waals surface area (Å²) in [6, 6.07) is 4.91. The molecule has 0 N–H and O–H groups in total. The van der Waals surface area contributed by atoms with Crippen molar-refractivity contribution in [3.8, 4) is 5.75 Å². The lowest BCUT2D eigenvalue weighted by atomic mass is 10.3. The van der Waals surface area contributed by atoms with Crippen molar-refractivity contribution in [2.45, 2.75) is 12.8 Å². The lowest BCUT2D eigenvalue weighted by Gasteiger charge is -2.13. The first kappa shape index (κ1) is 11.7. The average molecular weight is 286 g/mol. The van der Waals surface area contributed by atoms with Crippen LogP contribution in [-0.4, -0.2) is 12.5 Å². The molecule has 0 fully saturated rings. The van der Waals surface area contributed by atoms with E-state index in [2.05, 4.69) is 15.9 Å². The van der Waals surface area contributed by atoms with E-state index in [0.717, 1.165) is 6.92 Å². The van der Waals surface area contributed by atoms with E-state index in [4.69, 9.17) is 16.3 Å². The van der Waals surface area contributed by atoms with E-state index in [0.29, 0.717) is 9.50 Å². The van der Waals surface area contributed by atoms with Gasteiger partial charge in [-0.2, -0.15) is 0 Å². The standard InChI is InChI=1S/C9H8BrClF2O/c1-9(12,13)5-14-7-4-2-3-6(10)8(7)11/h2-4H,5H2,1H3. The lowest BCUT2D eigenvalue weighted by Crippen LogP contribution is -2.21. The Hall–Kier alpha value is -0.350. The Morgan fingerprint density at radius 3 is 2.71 bits per heavy atom. The summed E-state index contributed by atoms with van der Waals surface area (Å²) in [6.45, 7) is 0.113. The van der Waals surface area contributed by atoms with Gasteiger partial charge in [-0.15, -0.1) is 0 Å². The molecule has 0 radical (unpaired) electrons. The van der Waals surface area contributed by atoms with Crippen LogP contribution >= 0.6 is 27.5 Å². The molecule has 0 aliphatic carbocycles. The van der Waals surface area contributed by atoms with Crippen LogP contribution in [0, 0.1) is 0 Å². The highest BCUT2D eigenvalue weighted by molar-refractivity contribution is 9.10. The third-order valence-corrected chi connectivity index (χ3v) is 2.68. The summed E-state index contributed by atoms with van der Waals surface area (Å²) in [6.07, 6.45) is 0. The fourth-order valence-electron chi connectivity index (χ4n) is 0.800. The van der Waals surface area contributed by atoms with Gasteiger partial charge in [0.25, 0.3) is 5.92 Å². The summed E-state index contributed by atoms with van der Waals surface area (Å²) in [5.41, 5.74) is 0. The van der Waals surface area contributed by atoms with E-state index in [1.165, 1.54) is 0 Å². The summed E-state index contributed by atoms with van der Waals surface area (Å²) in [4.78, 5) is 0. The fraction of sp³-hybridized carbons (Fsp3) is 0.333. The van der Waals surface area contributed by atoms with E-state index < -0.39 is 12.5 Å².